The number of carbonyl (C=O) groups is 1. The van der Waals surface area contributed by atoms with Crippen molar-refractivity contribution in [2.24, 2.45) is 10.9 Å². The lowest BCUT2D eigenvalue weighted by atomic mass is 9.97. The Labute approximate surface area is 151 Å². The molecule has 0 amide bonds. The predicted molar refractivity (Wildman–Crippen MR) is 102 cm³/mol. The summed E-state index contributed by atoms with van der Waals surface area (Å²) in [5, 5.41) is 3.39. The van der Waals surface area contributed by atoms with E-state index < -0.39 is 0 Å². The number of carbonyl (C=O) groups excluding carboxylic acids is 1. The minimum atomic E-state index is -0.0903. The molecule has 0 atom stereocenters. The highest BCUT2D eigenvalue weighted by atomic mass is 16.5. The van der Waals surface area contributed by atoms with E-state index in [1.165, 1.54) is 29.4 Å². The van der Waals surface area contributed by atoms with Gasteiger partial charge in [0.15, 0.2) is 5.96 Å². The fourth-order valence-electron chi connectivity index (χ4n) is 3.53. The van der Waals surface area contributed by atoms with Gasteiger partial charge in [-0.05, 0) is 57.2 Å². The maximum atomic E-state index is 11.7. The SMILES string of the molecule is CCNC(=NCc1c(C)cc(C)cc1C)N1CCC(C(=O)OC)CC1. The number of esters is 1. The Morgan fingerprint density at radius 1 is 1.24 bits per heavy atom. The van der Waals surface area contributed by atoms with Crippen LogP contribution in [0.1, 0.15) is 42.0 Å². The molecule has 0 unspecified atom stereocenters. The van der Waals surface area contributed by atoms with Gasteiger partial charge < -0.3 is 15.0 Å². The van der Waals surface area contributed by atoms with Crippen LogP contribution in [-0.2, 0) is 16.1 Å². The molecule has 1 aliphatic heterocycles. The quantitative estimate of drug-likeness (QED) is 0.518. The number of aryl methyl sites for hydroxylation is 3. The molecule has 0 radical (unpaired) electrons. The van der Waals surface area contributed by atoms with Gasteiger partial charge in [-0.3, -0.25) is 4.79 Å². The first kappa shape index (κ1) is 19.3. The molecule has 5 heteroatoms. The molecule has 0 saturated carbocycles. The highest BCUT2D eigenvalue weighted by molar-refractivity contribution is 5.80. The Kier molecular flexibility index (Phi) is 6.85. The molecular formula is C20H31N3O2. The van der Waals surface area contributed by atoms with Crippen molar-refractivity contribution >= 4 is 11.9 Å². The summed E-state index contributed by atoms with van der Waals surface area (Å²) < 4.78 is 4.87. The molecule has 1 saturated heterocycles. The van der Waals surface area contributed by atoms with Crippen molar-refractivity contribution in [1.29, 1.82) is 0 Å². The second kappa shape index (κ2) is 8.88. The van der Waals surface area contributed by atoms with Crippen LogP contribution in [0.3, 0.4) is 0 Å². The molecular weight excluding hydrogens is 314 g/mol. The van der Waals surface area contributed by atoms with Crippen molar-refractivity contribution in [3.8, 4) is 0 Å². The Morgan fingerprint density at radius 3 is 2.36 bits per heavy atom. The van der Waals surface area contributed by atoms with Crippen LogP contribution in [0.2, 0.25) is 0 Å². The number of hydrogen-bond acceptors (Lipinski definition) is 3. The molecule has 0 aromatic heterocycles. The summed E-state index contributed by atoms with van der Waals surface area (Å²) in [5.41, 5.74) is 5.17. The third-order valence-corrected chi connectivity index (χ3v) is 4.89. The van der Waals surface area contributed by atoms with Gasteiger partial charge in [-0.25, -0.2) is 4.99 Å². The second-order valence-corrected chi connectivity index (χ2v) is 6.83. The first-order valence-electron chi connectivity index (χ1n) is 9.14. The highest BCUT2D eigenvalue weighted by Gasteiger charge is 2.26. The molecule has 1 aliphatic rings. The number of likely N-dealkylation sites (tertiary alicyclic amines) is 1. The first-order chi connectivity index (χ1) is 12.0. The molecule has 1 fully saturated rings. The van der Waals surface area contributed by atoms with Gasteiger partial charge in [-0.15, -0.1) is 0 Å². The highest BCUT2D eigenvalue weighted by Crippen LogP contribution is 2.20. The maximum Gasteiger partial charge on any atom is 0.308 e. The Morgan fingerprint density at radius 2 is 1.84 bits per heavy atom. The molecule has 0 spiro atoms. The summed E-state index contributed by atoms with van der Waals surface area (Å²) in [6.07, 6.45) is 1.64. The van der Waals surface area contributed by atoms with Crippen LogP contribution in [0.15, 0.2) is 17.1 Å². The van der Waals surface area contributed by atoms with Crippen LogP contribution in [0.25, 0.3) is 0 Å². The lowest BCUT2D eigenvalue weighted by Crippen LogP contribution is -2.46. The van der Waals surface area contributed by atoms with Crippen LogP contribution < -0.4 is 5.32 Å². The molecule has 5 nitrogen and oxygen atoms in total. The Bertz CT molecular complexity index is 609. The van der Waals surface area contributed by atoms with Crippen molar-refractivity contribution in [3.63, 3.8) is 0 Å². The van der Waals surface area contributed by atoms with E-state index in [0.717, 1.165) is 38.4 Å². The summed E-state index contributed by atoms with van der Waals surface area (Å²) >= 11 is 0. The predicted octanol–water partition coefficient (Wildman–Crippen LogP) is 2.96. The fourth-order valence-corrected chi connectivity index (χ4v) is 3.53. The monoisotopic (exact) mass is 345 g/mol. The molecule has 1 aromatic carbocycles. The van der Waals surface area contributed by atoms with Gasteiger partial charge in [-0.1, -0.05) is 17.7 Å². The third kappa shape index (κ3) is 4.97. The number of rotatable bonds is 4. The number of aliphatic imine (C=N–C) groups is 1. The van der Waals surface area contributed by atoms with Crippen LogP contribution in [0.4, 0.5) is 0 Å². The van der Waals surface area contributed by atoms with Crippen molar-refractivity contribution in [1.82, 2.24) is 10.2 Å². The zero-order valence-electron chi connectivity index (χ0n) is 16.2. The summed E-state index contributed by atoms with van der Waals surface area (Å²) in [4.78, 5) is 18.8. The zero-order chi connectivity index (χ0) is 18.4. The largest absolute Gasteiger partial charge is 0.469 e. The maximum absolute atomic E-state index is 11.7. The second-order valence-electron chi connectivity index (χ2n) is 6.83. The smallest absolute Gasteiger partial charge is 0.308 e. The molecule has 2 rings (SSSR count). The summed E-state index contributed by atoms with van der Waals surface area (Å²) in [7, 11) is 1.46. The summed E-state index contributed by atoms with van der Waals surface area (Å²) in [6, 6.07) is 4.43. The number of guanidine groups is 1. The molecule has 25 heavy (non-hydrogen) atoms. The van der Waals surface area contributed by atoms with Gasteiger partial charge in [0.2, 0.25) is 0 Å². The minimum absolute atomic E-state index is 0.0192. The van der Waals surface area contributed by atoms with Gasteiger partial charge in [-0.2, -0.15) is 0 Å². The summed E-state index contributed by atoms with van der Waals surface area (Å²) in [5.74, 6) is 0.864. The number of benzene rings is 1. The fraction of sp³-hybridized carbons (Fsp3) is 0.600. The molecule has 1 heterocycles. The van der Waals surface area contributed by atoms with Gasteiger partial charge in [0.1, 0.15) is 0 Å². The van der Waals surface area contributed by atoms with Gasteiger partial charge in [0.05, 0.1) is 19.6 Å². The number of nitrogens with zero attached hydrogens (tertiary/aromatic N) is 2. The van der Waals surface area contributed by atoms with E-state index in [4.69, 9.17) is 9.73 Å². The number of methoxy groups -OCH3 is 1. The van der Waals surface area contributed by atoms with Crippen LogP contribution in [0, 0.1) is 26.7 Å². The lowest BCUT2D eigenvalue weighted by Gasteiger charge is -2.33. The standard InChI is InChI=1S/C20H31N3O2/c1-6-21-20(23-9-7-17(8-10-23)19(24)25-5)22-13-18-15(3)11-14(2)12-16(18)4/h11-12,17H,6-10,13H2,1-5H3,(H,21,22). The first-order valence-corrected chi connectivity index (χ1v) is 9.14. The topological polar surface area (TPSA) is 53.9 Å². The van der Waals surface area contributed by atoms with Crippen molar-refractivity contribution in [2.45, 2.75) is 47.1 Å². The van der Waals surface area contributed by atoms with E-state index >= 15 is 0 Å². The van der Waals surface area contributed by atoms with E-state index in [0.29, 0.717) is 6.54 Å². The van der Waals surface area contributed by atoms with E-state index in [-0.39, 0.29) is 11.9 Å². The summed E-state index contributed by atoms with van der Waals surface area (Å²) in [6.45, 7) is 11.7. The Hall–Kier alpha value is -2.04. The molecule has 1 aromatic rings. The van der Waals surface area contributed by atoms with Gasteiger partial charge in [0, 0.05) is 19.6 Å². The van der Waals surface area contributed by atoms with Gasteiger partial charge in [0.25, 0.3) is 0 Å². The number of nitrogens with one attached hydrogen (secondary N) is 1. The molecule has 0 aliphatic carbocycles. The van der Waals surface area contributed by atoms with Gasteiger partial charge >= 0.3 is 5.97 Å². The van der Waals surface area contributed by atoms with Crippen molar-refractivity contribution < 1.29 is 9.53 Å². The normalized spacial score (nSPS) is 16.0. The molecule has 0 bridgehead atoms. The average molecular weight is 345 g/mol. The number of ether oxygens (including phenoxy) is 1. The van der Waals surface area contributed by atoms with Crippen molar-refractivity contribution in [3.05, 3.63) is 34.4 Å². The minimum Gasteiger partial charge on any atom is -0.469 e. The zero-order valence-corrected chi connectivity index (χ0v) is 16.2. The van der Waals surface area contributed by atoms with Crippen LogP contribution in [0.5, 0.6) is 0 Å². The molecule has 1 N–H and O–H groups in total. The van der Waals surface area contributed by atoms with Crippen LogP contribution >= 0.6 is 0 Å². The van der Waals surface area contributed by atoms with E-state index in [9.17, 15) is 4.79 Å². The van der Waals surface area contributed by atoms with E-state index in [2.05, 4.69) is 50.0 Å². The lowest BCUT2D eigenvalue weighted by molar-refractivity contribution is -0.146. The number of piperidine rings is 1. The number of hydrogen-bond donors (Lipinski definition) is 1. The van der Waals surface area contributed by atoms with Crippen molar-refractivity contribution in [2.75, 3.05) is 26.7 Å². The Balaban J connectivity index is 2.08. The van der Waals surface area contributed by atoms with E-state index in [1.807, 2.05) is 0 Å². The third-order valence-electron chi connectivity index (χ3n) is 4.89. The van der Waals surface area contributed by atoms with E-state index in [1.54, 1.807) is 0 Å². The van der Waals surface area contributed by atoms with Crippen LogP contribution in [-0.4, -0.2) is 43.6 Å². The average Bonchev–Trinajstić information content (AvgIpc) is 2.59. The molecule has 138 valence electrons.